The second kappa shape index (κ2) is 7.11. The van der Waals surface area contributed by atoms with Crippen molar-refractivity contribution < 1.29 is 4.79 Å². The van der Waals surface area contributed by atoms with Gasteiger partial charge in [0.15, 0.2) is 6.17 Å². The number of hydrazine groups is 1. The lowest BCUT2D eigenvalue weighted by molar-refractivity contribution is 0.0733. The number of hydrogen-bond acceptors (Lipinski definition) is 4. The topological polar surface area (TPSA) is 57.3 Å². The summed E-state index contributed by atoms with van der Waals surface area (Å²) >= 11 is 6.56. The maximum absolute atomic E-state index is 13.3. The molecule has 1 amide bonds. The molecule has 0 aliphatic carbocycles. The number of fused-ring (bicyclic) bond motifs is 2. The van der Waals surface area contributed by atoms with Gasteiger partial charge in [0, 0.05) is 16.6 Å². The number of pyridine rings is 1. The van der Waals surface area contributed by atoms with Crippen LogP contribution in [0.4, 0.5) is 11.4 Å². The number of amides is 1. The fraction of sp³-hybridized carbons (Fsp3) is 0.0435. The van der Waals surface area contributed by atoms with Gasteiger partial charge in [-0.1, -0.05) is 60.1 Å². The lowest BCUT2D eigenvalue weighted by Gasteiger charge is -2.38. The summed E-state index contributed by atoms with van der Waals surface area (Å²) < 4.78 is 0. The number of aromatic nitrogens is 1. The van der Waals surface area contributed by atoms with E-state index in [4.69, 9.17) is 11.6 Å². The van der Waals surface area contributed by atoms with Crippen LogP contribution < -0.4 is 10.7 Å². The van der Waals surface area contributed by atoms with E-state index in [9.17, 15) is 4.79 Å². The van der Waals surface area contributed by atoms with E-state index in [1.54, 1.807) is 11.1 Å². The molecule has 1 aromatic heterocycles. The van der Waals surface area contributed by atoms with Crippen LogP contribution in [0.25, 0.3) is 10.9 Å². The Kier molecular flexibility index (Phi) is 4.30. The van der Waals surface area contributed by atoms with E-state index in [-0.39, 0.29) is 5.91 Å². The van der Waals surface area contributed by atoms with Gasteiger partial charge in [0.25, 0.3) is 5.91 Å². The summed E-state index contributed by atoms with van der Waals surface area (Å²) in [6.45, 7) is 0. The molecule has 0 spiro atoms. The van der Waals surface area contributed by atoms with E-state index in [2.05, 4.69) is 15.7 Å². The molecule has 2 N–H and O–H groups in total. The predicted octanol–water partition coefficient (Wildman–Crippen LogP) is 5.48. The minimum Gasteiger partial charge on any atom is -0.359 e. The largest absolute Gasteiger partial charge is 0.359 e. The van der Waals surface area contributed by atoms with Crippen molar-refractivity contribution in [3.05, 3.63) is 101 Å². The number of carbonyl (C=O) groups excluding carboxylic acids is 1. The van der Waals surface area contributed by atoms with Gasteiger partial charge in [-0.15, -0.1) is 0 Å². The summed E-state index contributed by atoms with van der Waals surface area (Å²) in [5, 5.41) is 6.32. The summed E-state index contributed by atoms with van der Waals surface area (Å²) in [6, 6.07) is 26.8. The number of rotatable bonds is 3. The molecule has 1 unspecified atom stereocenters. The smallest absolute Gasteiger partial charge is 0.276 e. The number of para-hydroxylation sites is 3. The fourth-order valence-electron chi connectivity index (χ4n) is 3.54. The number of anilines is 2. The Morgan fingerprint density at radius 2 is 1.66 bits per heavy atom. The lowest BCUT2D eigenvalue weighted by atomic mass is 10.0. The average molecular weight is 401 g/mol. The molecule has 2 heterocycles. The molecular formula is C23H17ClN4O. The molecule has 0 fully saturated rings. The highest BCUT2D eigenvalue weighted by Crippen LogP contribution is 2.36. The first kappa shape index (κ1) is 17.5. The minimum atomic E-state index is -0.526. The molecule has 3 aromatic carbocycles. The molecule has 0 saturated heterocycles. The minimum absolute atomic E-state index is 0.141. The Hall–Kier alpha value is -3.57. The predicted molar refractivity (Wildman–Crippen MR) is 116 cm³/mol. The molecule has 29 heavy (non-hydrogen) atoms. The van der Waals surface area contributed by atoms with Crippen LogP contribution >= 0.6 is 11.6 Å². The first-order valence-electron chi connectivity index (χ1n) is 9.27. The van der Waals surface area contributed by atoms with Crippen molar-refractivity contribution in [2.24, 2.45) is 0 Å². The van der Waals surface area contributed by atoms with Crippen molar-refractivity contribution in [3.63, 3.8) is 0 Å². The molecule has 4 aromatic rings. The molecule has 1 aliphatic rings. The van der Waals surface area contributed by atoms with Gasteiger partial charge in [-0.05, 0) is 36.4 Å². The van der Waals surface area contributed by atoms with E-state index >= 15 is 0 Å². The third-order valence-corrected chi connectivity index (χ3v) is 5.25. The zero-order chi connectivity index (χ0) is 19.8. The zero-order valence-corrected chi connectivity index (χ0v) is 16.1. The first-order valence-corrected chi connectivity index (χ1v) is 9.64. The SMILES string of the molecule is O=C1c2ccccc2NC(c2cc3ccccc3nc2Cl)N1Nc1ccccc1. The highest BCUT2D eigenvalue weighted by molar-refractivity contribution is 6.30. The van der Waals surface area contributed by atoms with Crippen LogP contribution in [0.5, 0.6) is 0 Å². The number of nitrogens with one attached hydrogen (secondary N) is 2. The Morgan fingerprint density at radius 3 is 2.52 bits per heavy atom. The van der Waals surface area contributed by atoms with Crippen molar-refractivity contribution in [3.8, 4) is 0 Å². The Labute approximate surface area is 172 Å². The quantitative estimate of drug-likeness (QED) is 0.447. The van der Waals surface area contributed by atoms with Gasteiger partial charge in [0.2, 0.25) is 0 Å². The zero-order valence-electron chi connectivity index (χ0n) is 15.3. The van der Waals surface area contributed by atoms with E-state index in [1.807, 2.05) is 78.9 Å². The normalized spacial score (nSPS) is 15.7. The maximum atomic E-state index is 13.3. The number of nitrogens with zero attached hydrogens (tertiary/aromatic N) is 2. The molecular weight excluding hydrogens is 384 g/mol. The molecule has 0 radical (unpaired) electrons. The Balaban J connectivity index is 1.64. The van der Waals surface area contributed by atoms with Crippen molar-refractivity contribution in [2.45, 2.75) is 6.17 Å². The summed E-state index contributed by atoms with van der Waals surface area (Å²) in [7, 11) is 0. The number of carbonyl (C=O) groups is 1. The van der Waals surface area contributed by atoms with Crippen LogP contribution in [0, 0.1) is 0 Å². The highest BCUT2D eigenvalue weighted by atomic mass is 35.5. The van der Waals surface area contributed by atoms with Gasteiger partial charge < -0.3 is 5.32 Å². The van der Waals surface area contributed by atoms with E-state index in [0.717, 1.165) is 27.8 Å². The standard InChI is InChI=1S/C23H17ClN4O/c24-21-18(14-15-8-4-6-12-19(15)25-21)22-26-20-13-7-5-11-17(20)23(29)28(22)27-16-9-2-1-3-10-16/h1-14,22,26-27H. The molecule has 0 bridgehead atoms. The van der Waals surface area contributed by atoms with Crippen LogP contribution in [0.3, 0.4) is 0 Å². The number of hydrogen-bond donors (Lipinski definition) is 2. The van der Waals surface area contributed by atoms with Crippen LogP contribution in [-0.2, 0) is 0 Å². The molecule has 0 saturated carbocycles. The fourth-order valence-corrected chi connectivity index (χ4v) is 3.79. The molecule has 1 aliphatic heterocycles. The highest BCUT2D eigenvalue weighted by Gasteiger charge is 2.34. The third kappa shape index (κ3) is 3.15. The Morgan fingerprint density at radius 1 is 0.931 bits per heavy atom. The summed E-state index contributed by atoms with van der Waals surface area (Å²) in [5.41, 5.74) is 6.92. The van der Waals surface area contributed by atoms with E-state index in [0.29, 0.717) is 10.7 Å². The van der Waals surface area contributed by atoms with Gasteiger partial charge in [0.1, 0.15) is 5.15 Å². The molecule has 142 valence electrons. The number of halogens is 1. The lowest BCUT2D eigenvalue weighted by Crippen LogP contribution is -2.46. The van der Waals surface area contributed by atoms with E-state index in [1.165, 1.54) is 0 Å². The van der Waals surface area contributed by atoms with Crippen LogP contribution in [-0.4, -0.2) is 15.9 Å². The van der Waals surface area contributed by atoms with E-state index < -0.39 is 6.17 Å². The average Bonchev–Trinajstić information content (AvgIpc) is 2.76. The summed E-state index contributed by atoms with van der Waals surface area (Å²) in [4.78, 5) is 17.9. The Bertz CT molecular complexity index is 1210. The monoisotopic (exact) mass is 400 g/mol. The van der Waals surface area contributed by atoms with Gasteiger partial charge >= 0.3 is 0 Å². The molecule has 5 nitrogen and oxygen atoms in total. The third-order valence-electron chi connectivity index (χ3n) is 4.95. The summed E-state index contributed by atoms with van der Waals surface area (Å²) in [6.07, 6.45) is -0.526. The second-order valence-electron chi connectivity index (χ2n) is 6.81. The number of benzene rings is 3. The van der Waals surface area contributed by atoms with Gasteiger partial charge in [0.05, 0.1) is 16.8 Å². The summed E-state index contributed by atoms with van der Waals surface area (Å²) in [5.74, 6) is -0.141. The van der Waals surface area contributed by atoms with Gasteiger partial charge in [-0.2, -0.15) is 0 Å². The van der Waals surface area contributed by atoms with Crippen molar-refractivity contribution >= 4 is 39.8 Å². The molecule has 1 atom stereocenters. The molecule has 5 rings (SSSR count). The van der Waals surface area contributed by atoms with Crippen molar-refractivity contribution in [1.29, 1.82) is 0 Å². The van der Waals surface area contributed by atoms with Gasteiger partial charge in [-0.25, -0.2) is 9.99 Å². The van der Waals surface area contributed by atoms with Crippen LogP contribution in [0.2, 0.25) is 5.15 Å². The van der Waals surface area contributed by atoms with Crippen molar-refractivity contribution in [2.75, 3.05) is 10.7 Å². The van der Waals surface area contributed by atoms with Crippen LogP contribution in [0.15, 0.2) is 84.9 Å². The first-order chi connectivity index (χ1) is 14.2. The maximum Gasteiger partial charge on any atom is 0.276 e. The van der Waals surface area contributed by atoms with Gasteiger partial charge in [-0.3, -0.25) is 10.2 Å². The second-order valence-corrected chi connectivity index (χ2v) is 7.16. The van der Waals surface area contributed by atoms with Crippen molar-refractivity contribution in [1.82, 2.24) is 9.99 Å². The molecule has 6 heteroatoms. The van der Waals surface area contributed by atoms with Crippen LogP contribution in [0.1, 0.15) is 22.1 Å².